The molecule has 0 bridgehead atoms. The van der Waals surface area contributed by atoms with Crippen LogP contribution in [0, 0.1) is 5.92 Å². The highest BCUT2D eigenvalue weighted by atomic mass is 35.5. The molecule has 0 spiro atoms. The molecule has 0 aliphatic heterocycles. The van der Waals surface area contributed by atoms with Crippen LogP contribution in [0.15, 0.2) is 12.1 Å². The third-order valence-electron chi connectivity index (χ3n) is 2.96. The molecule has 2 nitrogen and oxygen atoms in total. The summed E-state index contributed by atoms with van der Waals surface area (Å²) in [6.45, 7) is 4.07. The number of Topliss-reactive ketones (excluding diaryl/α,β-unsaturated/α-hetero) is 1. The molecule has 106 valence electrons. The summed E-state index contributed by atoms with van der Waals surface area (Å²) in [4.78, 5) is 11.6. The van der Waals surface area contributed by atoms with E-state index in [-0.39, 0.29) is 5.92 Å². The van der Waals surface area contributed by atoms with Gasteiger partial charge in [-0.3, -0.25) is 4.79 Å². The number of hydrogen-bond acceptors (Lipinski definition) is 2. The Labute approximate surface area is 125 Å². The van der Waals surface area contributed by atoms with Gasteiger partial charge in [-0.15, -0.1) is 0 Å². The number of halogens is 2. The van der Waals surface area contributed by atoms with Crippen LogP contribution in [0.3, 0.4) is 0 Å². The molecule has 1 aromatic carbocycles. The maximum absolute atomic E-state index is 11.6. The van der Waals surface area contributed by atoms with Gasteiger partial charge in [-0.25, -0.2) is 0 Å². The van der Waals surface area contributed by atoms with Crippen molar-refractivity contribution in [1.82, 2.24) is 0 Å². The summed E-state index contributed by atoms with van der Waals surface area (Å²) in [6.07, 6.45) is 2.87. The molecule has 0 heterocycles. The van der Waals surface area contributed by atoms with E-state index in [1.54, 1.807) is 13.2 Å². The average molecular weight is 303 g/mol. The highest BCUT2D eigenvalue weighted by Crippen LogP contribution is 2.34. The second-order valence-corrected chi connectivity index (χ2v) is 5.73. The van der Waals surface area contributed by atoms with E-state index in [1.807, 2.05) is 13.0 Å². The number of ketones is 1. The van der Waals surface area contributed by atoms with Crippen molar-refractivity contribution < 1.29 is 9.53 Å². The molecule has 1 rings (SSSR count). The fourth-order valence-corrected chi connectivity index (χ4v) is 2.82. The molecule has 1 aromatic rings. The topological polar surface area (TPSA) is 26.3 Å². The van der Waals surface area contributed by atoms with Crippen molar-refractivity contribution in [1.29, 1.82) is 0 Å². The second kappa shape index (κ2) is 7.76. The largest absolute Gasteiger partial charge is 0.495 e. The summed E-state index contributed by atoms with van der Waals surface area (Å²) in [5.41, 5.74) is 0.955. The SMILES string of the molecule is CCCC(=O)CC(C)Cc1cc(Cl)cc(Cl)c1OC. The Balaban J connectivity index is 2.78. The lowest BCUT2D eigenvalue weighted by atomic mass is 9.94. The normalized spacial score (nSPS) is 12.3. The number of carbonyl (C=O) groups is 1. The van der Waals surface area contributed by atoms with Gasteiger partial charge in [-0.1, -0.05) is 37.0 Å². The Kier molecular flexibility index (Phi) is 6.67. The zero-order valence-electron chi connectivity index (χ0n) is 11.6. The number of methoxy groups -OCH3 is 1. The molecule has 0 N–H and O–H groups in total. The summed E-state index contributed by atoms with van der Waals surface area (Å²) in [5.74, 6) is 1.21. The van der Waals surface area contributed by atoms with E-state index in [0.717, 1.165) is 18.4 Å². The lowest BCUT2D eigenvalue weighted by Gasteiger charge is -2.15. The monoisotopic (exact) mass is 302 g/mol. The van der Waals surface area contributed by atoms with Gasteiger partial charge in [0.1, 0.15) is 11.5 Å². The predicted octanol–water partition coefficient (Wildman–Crippen LogP) is 4.94. The van der Waals surface area contributed by atoms with E-state index in [2.05, 4.69) is 6.92 Å². The predicted molar refractivity (Wildman–Crippen MR) is 80.4 cm³/mol. The Morgan fingerprint density at radius 2 is 2.05 bits per heavy atom. The molecule has 0 fully saturated rings. The number of benzene rings is 1. The van der Waals surface area contributed by atoms with E-state index in [1.165, 1.54) is 0 Å². The minimum atomic E-state index is 0.252. The average Bonchev–Trinajstić information content (AvgIpc) is 2.28. The molecule has 1 unspecified atom stereocenters. The first-order chi connectivity index (χ1) is 8.97. The Bertz CT molecular complexity index is 444. The first-order valence-corrected chi connectivity index (χ1v) is 7.27. The Morgan fingerprint density at radius 3 is 2.63 bits per heavy atom. The molecule has 0 saturated heterocycles. The second-order valence-electron chi connectivity index (χ2n) is 4.88. The van der Waals surface area contributed by atoms with Gasteiger partial charge in [0.25, 0.3) is 0 Å². The molecular weight excluding hydrogens is 283 g/mol. The van der Waals surface area contributed by atoms with Gasteiger partial charge in [-0.05, 0) is 36.5 Å². The van der Waals surface area contributed by atoms with Crippen LogP contribution >= 0.6 is 23.2 Å². The van der Waals surface area contributed by atoms with Gasteiger partial charge in [-0.2, -0.15) is 0 Å². The number of ether oxygens (including phenoxy) is 1. The molecule has 0 aliphatic rings. The van der Waals surface area contributed by atoms with Crippen LogP contribution in [-0.4, -0.2) is 12.9 Å². The van der Waals surface area contributed by atoms with Crippen LogP contribution in [-0.2, 0) is 11.2 Å². The van der Waals surface area contributed by atoms with Crippen molar-refractivity contribution in [2.24, 2.45) is 5.92 Å². The summed E-state index contributed by atoms with van der Waals surface area (Å²) >= 11 is 12.1. The smallest absolute Gasteiger partial charge is 0.140 e. The molecule has 1 atom stereocenters. The van der Waals surface area contributed by atoms with E-state index >= 15 is 0 Å². The number of hydrogen-bond donors (Lipinski definition) is 0. The highest BCUT2D eigenvalue weighted by Gasteiger charge is 2.15. The standard InChI is InChI=1S/C15H20Cl2O2/c1-4-5-13(18)7-10(2)6-11-8-12(16)9-14(17)15(11)19-3/h8-10H,4-7H2,1-3H3. The van der Waals surface area contributed by atoms with Gasteiger partial charge in [0, 0.05) is 17.9 Å². The zero-order valence-corrected chi connectivity index (χ0v) is 13.1. The van der Waals surface area contributed by atoms with Crippen LogP contribution < -0.4 is 4.74 Å². The lowest BCUT2D eigenvalue weighted by molar-refractivity contribution is -0.119. The Hall–Kier alpha value is -0.730. The van der Waals surface area contributed by atoms with Crippen LogP contribution in [0.5, 0.6) is 5.75 Å². The van der Waals surface area contributed by atoms with E-state index in [9.17, 15) is 4.79 Å². The van der Waals surface area contributed by atoms with Gasteiger partial charge < -0.3 is 4.74 Å². The summed E-state index contributed by atoms with van der Waals surface area (Å²) < 4.78 is 5.31. The first kappa shape index (κ1) is 16.3. The van der Waals surface area contributed by atoms with E-state index in [0.29, 0.717) is 34.4 Å². The maximum atomic E-state index is 11.6. The molecule has 0 saturated carbocycles. The summed E-state index contributed by atoms with van der Waals surface area (Å²) in [5, 5.41) is 1.10. The van der Waals surface area contributed by atoms with Crippen LogP contribution in [0.25, 0.3) is 0 Å². The van der Waals surface area contributed by atoms with Crippen LogP contribution in [0.4, 0.5) is 0 Å². The minimum absolute atomic E-state index is 0.252. The van der Waals surface area contributed by atoms with Gasteiger partial charge >= 0.3 is 0 Å². The third-order valence-corrected chi connectivity index (χ3v) is 3.46. The fourth-order valence-electron chi connectivity index (χ4n) is 2.21. The van der Waals surface area contributed by atoms with Gasteiger partial charge in [0.15, 0.2) is 0 Å². The molecule has 0 aromatic heterocycles. The maximum Gasteiger partial charge on any atom is 0.140 e. The van der Waals surface area contributed by atoms with Gasteiger partial charge in [0.2, 0.25) is 0 Å². The first-order valence-electron chi connectivity index (χ1n) is 6.51. The van der Waals surface area contributed by atoms with Crippen molar-refractivity contribution in [3.05, 3.63) is 27.7 Å². The number of rotatable bonds is 7. The highest BCUT2D eigenvalue weighted by molar-refractivity contribution is 6.35. The molecule has 0 aliphatic carbocycles. The van der Waals surface area contributed by atoms with Crippen molar-refractivity contribution >= 4 is 29.0 Å². The molecule has 19 heavy (non-hydrogen) atoms. The molecule has 0 radical (unpaired) electrons. The zero-order chi connectivity index (χ0) is 14.4. The number of carbonyl (C=O) groups excluding carboxylic acids is 1. The molecule has 4 heteroatoms. The van der Waals surface area contributed by atoms with Gasteiger partial charge in [0.05, 0.1) is 12.1 Å². The summed E-state index contributed by atoms with van der Waals surface area (Å²) in [7, 11) is 1.59. The van der Waals surface area contributed by atoms with E-state index < -0.39 is 0 Å². The fraction of sp³-hybridized carbons (Fsp3) is 0.533. The third kappa shape index (κ3) is 5.04. The lowest BCUT2D eigenvalue weighted by Crippen LogP contribution is -2.08. The van der Waals surface area contributed by atoms with Crippen molar-refractivity contribution in [2.75, 3.05) is 7.11 Å². The molecular formula is C15H20Cl2O2. The quantitative estimate of drug-likeness (QED) is 0.713. The van der Waals surface area contributed by atoms with Crippen molar-refractivity contribution in [3.8, 4) is 5.75 Å². The van der Waals surface area contributed by atoms with Crippen molar-refractivity contribution in [2.45, 2.75) is 39.5 Å². The molecule has 0 amide bonds. The minimum Gasteiger partial charge on any atom is -0.495 e. The Morgan fingerprint density at radius 1 is 1.37 bits per heavy atom. The van der Waals surface area contributed by atoms with Crippen LogP contribution in [0.2, 0.25) is 10.0 Å². The van der Waals surface area contributed by atoms with Crippen LogP contribution in [0.1, 0.15) is 38.7 Å². The van der Waals surface area contributed by atoms with E-state index in [4.69, 9.17) is 27.9 Å². The summed E-state index contributed by atoms with van der Waals surface area (Å²) in [6, 6.07) is 3.52. The van der Waals surface area contributed by atoms with Crippen molar-refractivity contribution in [3.63, 3.8) is 0 Å².